The minimum atomic E-state index is -0.473. The van der Waals surface area contributed by atoms with Crippen LogP contribution < -0.4 is 5.32 Å². The second-order valence-electron chi connectivity index (χ2n) is 4.17. The van der Waals surface area contributed by atoms with E-state index in [1.807, 2.05) is 0 Å². The van der Waals surface area contributed by atoms with Crippen molar-refractivity contribution in [3.05, 3.63) is 59.5 Å². The van der Waals surface area contributed by atoms with Crippen LogP contribution in [0.25, 0.3) is 0 Å². The van der Waals surface area contributed by atoms with Crippen molar-refractivity contribution in [3.8, 4) is 11.8 Å². The summed E-state index contributed by atoms with van der Waals surface area (Å²) in [6.45, 7) is 0.00124. The molecule has 0 spiro atoms. The summed E-state index contributed by atoms with van der Waals surface area (Å²) >= 11 is 0. The molecule has 1 aromatic carbocycles. The fourth-order valence-corrected chi connectivity index (χ4v) is 1.62. The van der Waals surface area contributed by atoms with Gasteiger partial charge in [0.2, 0.25) is 0 Å². The molecule has 2 N–H and O–H groups in total. The fourth-order valence-electron chi connectivity index (χ4n) is 1.62. The van der Waals surface area contributed by atoms with Crippen molar-refractivity contribution in [2.45, 2.75) is 6.42 Å². The first kappa shape index (κ1) is 14.7. The van der Waals surface area contributed by atoms with Crippen LogP contribution in [0.4, 0.5) is 10.2 Å². The van der Waals surface area contributed by atoms with E-state index >= 15 is 0 Å². The highest BCUT2D eigenvalue weighted by Crippen LogP contribution is 2.09. The molecule has 0 aliphatic rings. The van der Waals surface area contributed by atoms with Gasteiger partial charge < -0.3 is 10.4 Å². The Morgan fingerprint density at radius 2 is 2.19 bits per heavy atom. The second-order valence-corrected chi connectivity index (χ2v) is 4.17. The molecule has 0 unspecified atom stereocenters. The molecule has 1 aromatic heterocycles. The summed E-state index contributed by atoms with van der Waals surface area (Å²) in [6.07, 6.45) is 1.90. The van der Waals surface area contributed by atoms with Gasteiger partial charge in [-0.2, -0.15) is 0 Å². The van der Waals surface area contributed by atoms with E-state index in [0.717, 1.165) is 6.07 Å². The van der Waals surface area contributed by atoms with Crippen LogP contribution in [0.5, 0.6) is 0 Å². The predicted octanol–water partition coefficient (Wildman–Crippen LogP) is 2.21. The third kappa shape index (κ3) is 4.41. The standard InChI is InChI=1S/C16H13FN2O2/c17-14-6-3-5-13(11-14)16(21)19-15-10-12(7-8-18-15)4-1-2-9-20/h3,5-8,10-11,20H,2,9H2,(H,18,19,21). The third-order valence-corrected chi connectivity index (χ3v) is 2.56. The zero-order valence-electron chi connectivity index (χ0n) is 11.1. The van der Waals surface area contributed by atoms with E-state index in [-0.39, 0.29) is 12.2 Å². The van der Waals surface area contributed by atoms with Gasteiger partial charge in [0.1, 0.15) is 11.6 Å². The average Bonchev–Trinajstić information content (AvgIpc) is 2.48. The van der Waals surface area contributed by atoms with Crippen LogP contribution in [-0.2, 0) is 0 Å². The number of carbonyl (C=O) groups excluding carboxylic acids is 1. The van der Waals surface area contributed by atoms with Crippen LogP contribution in [0, 0.1) is 17.7 Å². The van der Waals surface area contributed by atoms with E-state index in [9.17, 15) is 9.18 Å². The number of nitrogens with zero attached hydrogens (tertiary/aromatic N) is 1. The molecule has 0 fully saturated rings. The van der Waals surface area contributed by atoms with Gasteiger partial charge in [0.15, 0.2) is 0 Å². The molecule has 4 nitrogen and oxygen atoms in total. The number of pyridine rings is 1. The molecule has 1 heterocycles. The summed E-state index contributed by atoms with van der Waals surface area (Å²) in [5.41, 5.74) is 0.890. The Morgan fingerprint density at radius 3 is 2.95 bits per heavy atom. The molecule has 0 bridgehead atoms. The van der Waals surface area contributed by atoms with Gasteiger partial charge in [-0.05, 0) is 30.3 Å². The summed E-state index contributed by atoms with van der Waals surface area (Å²) in [5, 5.41) is 11.2. The SMILES string of the molecule is O=C(Nc1cc(C#CCCO)ccn1)c1cccc(F)c1. The number of aliphatic hydroxyl groups excluding tert-OH is 1. The first-order valence-electron chi connectivity index (χ1n) is 6.32. The Kier molecular flexibility index (Phi) is 5.02. The van der Waals surface area contributed by atoms with Gasteiger partial charge in [-0.15, -0.1) is 0 Å². The van der Waals surface area contributed by atoms with Crippen molar-refractivity contribution in [1.29, 1.82) is 0 Å². The number of carbonyl (C=O) groups is 1. The Balaban J connectivity index is 2.11. The maximum absolute atomic E-state index is 13.1. The van der Waals surface area contributed by atoms with Crippen LogP contribution in [0.3, 0.4) is 0 Å². The highest BCUT2D eigenvalue weighted by Gasteiger charge is 2.07. The zero-order chi connectivity index (χ0) is 15.1. The van der Waals surface area contributed by atoms with E-state index in [1.165, 1.54) is 24.4 Å². The molecule has 2 aromatic rings. The monoisotopic (exact) mass is 284 g/mol. The average molecular weight is 284 g/mol. The van der Waals surface area contributed by atoms with Gasteiger partial charge in [0.25, 0.3) is 5.91 Å². The molecule has 0 atom stereocenters. The summed E-state index contributed by atoms with van der Waals surface area (Å²) in [6, 6.07) is 8.72. The maximum Gasteiger partial charge on any atom is 0.256 e. The lowest BCUT2D eigenvalue weighted by atomic mass is 10.2. The highest BCUT2D eigenvalue weighted by molar-refractivity contribution is 6.03. The summed E-state index contributed by atoms with van der Waals surface area (Å²) < 4.78 is 13.1. The van der Waals surface area contributed by atoms with Crippen LogP contribution in [0.15, 0.2) is 42.6 Å². The number of hydrogen-bond acceptors (Lipinski definition) is 3. The molecule has 0 aliphatic carbocycles. The number of aromatic nitrogens is 1. The third-order valence-electron chi connectivity index (χ3n) is 2.56. The Hall–Kier alpha value is -2.71. The molecule has 5 heteroatoms. The van der Waals surface area contributed by atoms with Crippen molar-refractivity contribution in [2.24, 2.45) is 0 Å². The number of hydrogen-bond donors (Lipinski definition) is 2. The molecule has 0 aliphatic heterocycles. The number of anilines is 1. The zero-order valence-corrected chi connectivity index (χ0v) is 11.1. The van der Waals surface area contributed by atoms with E-state index in [2.05, 4.69) is 22.1 Å². The van der Waals surface area contributed by atoms with Crippen molar-refractivity contribution in [1.82, 2.24) is 4.98 Å². The quantitative estimate of drug-likeness (QED) is 0.849. The van der Waals surface area contributed by atoms with Crippen molar-refractivity contribution < 1.29 is 14.3 Å². The lowest BCUT2D eigenvalue weighted by molar-refractivity contribution is 0.102. The van der Waals surface area contributed by atoms with Crippen LogP contribution in [0.1, 0.15) is 22.3 Å². The van der Waals surface area contributed by atoms with E-state index in [0.29, 0.717) is 17.8 Å². The maximum atomic E-state index is 13.1. The van der Waals surface area contributed by atoms with Gasteiger partial charge in [-0.1, -0.05) is 17.9 Å². The molecule has 21 heavy (non-hydrogen) atoms. The first-order valence-corrected chi connectivity index (χ1v) is 6.32. The van der Waals surface area contributed by atoms with Gasteiger partial charge >= 0.3 is 0 Å². The van der Waals surface area contributed by atoms with Crippen molar-refractivity contribution in [2.75, 3.05) is 11.9 Å². The molecular weight excluding hydrogens is 271 g/mol. The molecule has 0 saturated heterocycles. The fraction of sp³-hybridized carbons (Fsp3) is 0.125. The summed E-state index contributed by atoms with van der Waals surface area (Å²) in [5.74, 6) is 5.05. The number of aliphatic hydroxyl groups is 1. The lowest BCUT2D eigenvalue weighted by Gasteiger charge is -2.04. The molecule has 106 valence electrons. The minimum Gasteiger partial charge on any atom is -0.395 e. The van der Waals surface area contributed by atoms with Crippen LogP contribution in [0.2, 0.25) is 0 Å². The van der Waals surface area contributed by atoms with E-state index in [4.69, 9.17) is 5.11 Å². The molecule has 0 radical (unpaired) electrons. The molecule has 2 rings (SSSR count). The van der Waals surface area contributed by atoms with E-state index < -0.39 is 11.7 Å². The van der Waals surface area contributed by atoms with Crippen molar-refractivity contribution >= 4 is 11.7 Å². The van der Waals surface area contributed by atoms with Gasteiger partial charge in [0, 0.05) is 23.7 Å². The van der Waals surface area contributed by atoms with E-state index in [1.54, 1.807) is 12.1 Å². The molecular formula is C16H13FN2O2. The number of benzene rings is 1. The topological polar surface area (TPSA) is 62.2 Å². The first-order chi connectivity index (χ1) is 10.2. The van der Waals surface area contributed by atoms with Gasteiger partial charge in [0.05, 0.1) is 6.61 Å². The van der Waals surface area contributed by atoms with Gasteiger partial charge in [-0.25, -0.2) is 9.37 Å². The number of nitrogens with one attached hydrogen (secondary N) is 1. The Labute approximate surface area is 121 Å². The summed E-state index contributed by atoms with van der Waals surface area (Å²) in [7, 11) is 0. The summed E-state index contributed by atoms with van der Waals surface area (Å²) in [4.78, 5) is 16.0. The highest BCUT2D eigenvalue weighted by atomic mass is 19.1. The molecule has 0 saturated carbocycles. The number of halogens is 1. The largest absolute Gasteiger partial charge is 0.395 e. The number of rotatable bonds is 3. The molecule has 1 amide bonds. The Bertz CT molecular complexity index is 705. The minimum absolute atomic E-state index is 0.00124. The lowest BCUT2D eigenvalue weighted by Crippen LogP contribution is -2.13. The van der Waals surface area contributed by atoms with Crippen LogP contribution >= 0.6 is 0 Å². The van der Waals surface area contributed by atoms with Gasteiger partial charge in [-0.3, -0.25) is 4.79 Å². The number of amides is 1. The van der Waals surface area contributed by atoms with Crippen LogP contribution in [-0.4, -0.2) is 22.6 Å². The second kappa shape index (κ2) is 7.17. The van der Waals surface area contributed by atoms with Crippen molar-refractivity contribution in [3.63, 3.8) is 0 Å². The normalized spacial score (nSPS) is 9.62. The predicted molar refractivity (Wildman–Crippen MR) is 77.2 cm³/mol. The smallest absolute Gasteiger partial charge is 0.256 e. The Morgan fingerprint density at radius 1 is 1.33 bits per heavy atom.